The van der Waals surface area contributed by atoms with Crippen molar-refractivity contribution in [1.29, 1.82) is 0 Å². The monoisotopic (exact) mass is 530 g/mol. The van der Waals surface area contributed by atoms with E-state index in [4.69, 9.17) is 16.6 Å². The smallest absolute Gasteiger partial charge is 0.257 e. The Morgan fingerprint density at radius 2 is 1.79 bits per heavy atom. The Morgan fingerprint density at radius 1 is 1.05 bits per heavy atom. The van der Waals surface area contributed by atoms with Gasteiger partial charge in [-0.1, -0.05) is 41.9 Å². The third-order valence-electron chi connectivity index (χ3n) is 6.77. The molecule has 0 radical (unpaired) electrons. The minimum absolute atomic E-state index is 0.0393. The second kappa shape index (κ2) is 10.8. The molecule has 1 saturated carbocycles. The number of hydrogen-bond acceptors (Lipinski definition) is 3. The van der Waals surface area contributed by atoms with Gasteiger partial charge in [-0.2, -0.15) is 0 Å². The van der Waals surface area contributed by atoms with Crippen LogP contribution in [0, 0.1) is 25.6 Å². The number of halogens is 2. The van der Waals surface area contributed by atoms with Crippen molar-refractivity contribution < 1.29 is 14.0 Å². The summed E-state index contributed by atoms with van der Waals surface area (Å²) < 4.78 is 16.2. The maximum Gasteiger partial charge on any atom is 0.257 e. The van der Waals surface area contributed by atoms with Crippen LogP contribution in [0.1, 0.15) is 34.3 Å². The summed E-state index contributed by atoms with van der Waals surface area (Å²) in [7, 11) is 0. The van der Waals surface area contributed by atoms with Crippen LogP contribution in [-0.4, -0.2) is 39.4 Å². The second-order valence-electron chi connectivity index (χ2n) is 9.75. The first-order valence-corrected chi connectivity index (χ1v) is 12.9. The van der Waals surface area contributed by atoms with Crippen molar-refractivity contribution in [1.82, 2.24) is 14.5 Å². The minimum atomic E-state index is -0.600. The highest BCUT2D eigenvalue weighted by molar-refractivity contribution is 6.30. The van der Waals surface area contributed by atoms with Gasteiger partial charge >= 0.3 is 0 Å². The van der Waals surface area contributed by atoms with E-state index in [2.05, 4.69) is 5.32 Å². The third kappa shape index (κ3) is 5.78. The highest BCUT2D eigenvalue weighted by Gasteiger charge is 2.30. The van der Waals surface area contributed by atoms with E-state index >= 15 is 0 Å². The number of imidazole rings is 1. The molecule has 1 aromatic heterocycles. The summed E-state index contributed by atoms with van der Waals surface area (Å²) in [6, 6.07) is 19.2. The lowest BCUT2D eigenvalue weighted by atomic mass is 10.1. The number of anilines is 1. The molecule has 38 heavy (non-hydrogen) atoms. The predicted molar refractivity (Wildman–Crippen MR) is 147 cm³/mol. The second-order valence-corrected chi connectivity index (χ2v) is 10.2. The maximum atomic E-state index is 14.4. The number of nitrogens with zero attached hydrogens (tertiary/aromatic N) is 3. The van der Waals surface area contributed by atoms with Gasteiger partial charge < -0.3 is 4.90 Å². The minimum Gasteiger partial charge on any atom is -0.329 e. The molecular formula is C30H28ClFN4O2. The van der Waals surface area contributed by atoms with Gasteiger partial charge in [-0.3, -0.25) is 19.5 Å². The number of carbonyl (C=O) groups is 2. The molecule has 0 bridgehead atoms. The van der Waals surface area contributed by atoms with E-state index in [1.54, 1.807) is 18.2 Å². The van der Waals surface area contributed by atoms with Gasteiger partial charge in [0.25, 0.3) is 5.91 Å². The number of benzene rings is 3. The van der Waals surface area contributed by atoms with Gasteiger partial charge in [0.1, 0.15) is 12.4 Å². The first-order chi connectivity index (χ1) is 18.3. The van der Waals surface area contributed by atoms with Crippen LogP contribution in [0.3, 0.4) is 0 Å². The van der Waals surface area contributed by atoms with Gasteiger partial charge in [-0.15, -0.1) is 0 Å². The number of rotatable bonds is 8. The highest BCUT2D eigenvalue weighted by Crippen LogP contribution is 2.31. The summed E-state index contributed by atoms with van der Waals surface area (Å²) in [4.78, 5) is 32.6. The summed E-state index contributed by atoms with van der Waals surface area (Å²) in [6.45, 7) is 4.26. The zero-order valence-electron chi connectivity index (χ0n) is 21.2. The Bertz CT molecular complexity index is 1490. The first kappa shape index (κ1) is 25.7. The van der Waals surface area contributed by atoms with Crippen LogP contribution in [0.2, 0.25) is 5.02 Å². The van der Waals surface area contributed by atoms with E-state index in [0.717, 1.165) is 35.2 Å². The molecule has 6 nitrogen and oxygen atoms in total. The Hall–Kier alpha value is -3.97. The number of carbonyl (C=O) groups excluding carboxylic acids is 2. The summed E-state index contributed by atoms with van der Waals surface area (Å²) in [6.07, 6.45) is 3.84. The van der Waals surface area contributed by atoms with Crippen LogP contribution in [-0.2, 0) is 4.79 Å². The largest absolute Gasteiger partial charge is 0.329 e. The fourth-order valence-electron chi connectivity index (χ4n) is 4.27. The molecule has 194 valence electrons. The molecule has 0 spiro atoms. The van der Waals surface area contributed by atoms with Crippen LogP contribution in [0.15, 0.2) is 72.9 Å². The van der Waals surface area contributed by atoms with Gasteiger partial charge in [-0.25, -0.2) is 9.37 Å². The lowest BCUT2D eigenvalue weighted by Gasteiger charge is -2.22. The Balaban J connectivity index is 1.43. The van der Waals surface area contributed by atoms with E-state index in [1.165, 1.54) is 23.1 Å². The Morgan fingerprint density at radius 3 is 2.47 bits per heavy atom. The van der Waals surface area contributed by atoms with Crippen molar-refractivity contribution in [2.45, 2.75) is 26.7 Å². The molecule has 1 N–H and O–H groups in total. The van der Waals surface area contributed by atoms with Crippen molar-refractivity contribution in [3.8, 4) is 16.9 Å². The first-order valence-electron chi connectivity index (χ1n) is 12.5. The number of amides is 2. The molecule has 0 saturated heterocycles. The molecule has 0 aliphatic heterocycles. The lowest BCUT2D eigenvalue weighted by molar-refractivity contribution is -0.117. The average molecular weight is 531 g/mol. The molecule has 1 aliphatic rings. The summed E-state index contributed by atoms with van der Waals surface area (Å²) >= 11 is 6.06. The molecule has 5 rings (SSSR count). The van der Waals surface area contributed by atoms with E-state index in [-0.39, 0.29) is 12.1 Å². The molecule has 4 aromatic rings. The Kier molecular flexibility index (Phi) is 7.29. The van der Waals surface area contributed by atoms with E-state index in [1.807, 2.05) is 54.9 Å². The molecule has 1 heterocycles. The van der Waals surface area contributed by atoms with Gasteiger partial charge in [0.15, 0.2) is 0 Å². The SMILES string of the molecule is Cc1ccc(-n2cc(-c3ccc(Cl)cc3)nc2NC(=O)CN(CC2CC2)C(=O)c2ccccc2F)cc1C. The van der Waals surface area contributed by atoms with E-state index in [0.29, 0.717) is 29.1 Å². The highest BCUT2D eigenvalue weighted by atomic mass is 35.5. The molecule has 2 amide bonds. The van der Waals surface area contributed by atoms with Crippen LogP contribution >= 0.6 is 11.6 Å². The van der Waals surface area contributed by atoms with Crippen molar-refractivity contribution in [3.63, 3.8) is 0 Å². The van der Waals surface area contributed by atoms with Crippen LogP contribution in [0.5, 0.6) is 0 Å². The number of aromatic nitrogens is 2. The topological polar surface area (TPSA) is 67.2 Å². The average Bonchev–Trinajstić information content (AvgIpc) is 3.63. The third-order valence-corrected chi connectivity index (χ3v) is 7.02. The van der Waals surface area contributed by atoms with Crippen molar-refractivity contribution >= 4 is 29.4 Å². The van der Waals surface area contributed by atoms with Crippen molar-refractivity contribution in [2.75, 3.05) is 18.4 Å². The zero-order valence-corrected chi connectivity index (χ0v) is 22.0. The van der Waals surface area contributed by atoms with Gasteiger partial charge in [-0.05, 0) is 80.1 Å². The predicted octanol–water partition coefficient (Wildman–Crippen LogP) is 6.44. The normalized spacial score (nSPS) is 12.8. The summed E-state index contributed by atoms with van der Waals surface area (Å²) in [5.74, 6) is -0.852. The molecular weight excluding hydrogens is 503 g/mol. The Labute approximate surface area is 226 Å². The van der Waals surface area contributed by atoms with Gasteiger partial charge in [0.2, 0.25) is 11.9 Å². The van der Waals surface area contributed by atoms with E-state index in [9.17, 15) is 14.0 Å². The molecule has 8 heteroatoms. The quantitative estimate of drug-likeness (QED) is 0.285. The molecule has 1 aliphatic carbocycles. The molecule has 0 unspecified atom stereocenters. The summed E-state index contributed by atoms with van der Waals surface area (Å²) in [5, 5.41) is 3.51. The van der Waals surface area contributed by atoms with Gasteiger partial charge in [0, 0.05) is 29.0 Å². The van der Waals surface area contributed by atoms with Crippen molar-refractivity contribution in [2.24, 2.45) is 5.92 Å². The number of hydrogen-bond donors (Lipinski definition) is 1. The van der Waals surface area contributed by atoms with E-state index < -0.39 is 17.6 Å². The van der Waals surface area contributed by atoms with Crippen LogP contribution < -0.4 is 5.32 Å². The molecule has 3 aromatic carbocycles. The molecule has 1 fully saturated rings. The van der Waals surface area contributed by atoms with Crippen LogP contribution in [0.4, 0.5) is 10.3 Å². The van der Waals surface area contributed by atoms with Crippen LogP contribution in [0.25, 0.3) is 16.9 Å². The number of aryl methyl sites for hydroxylation is 2. The summed E-state index contributed by atoms with van der Waals surface area (Å²) in [5.41, 5.74) is 4.56. The molecule has 0 atom stereocenters. The number of nitrogens with one attached hydrogen (secondary N) is 1. The fraction of sp³-hybridized carbons (Fsp3) is 0.233. The lowest BCUT2D eigenvalue weighted by Crippen LogP contribution is -2.40. The fourth-order valence-corrected chi connectivity index (χ4v) is 4.40. The zero-order chi connectivity index (χ0) is 26.8. The van der Waals surface area contributed by atoms with Gasteiger partial charge in [0.05, 0.1) is 11.3 Å². The standard InChI is InChI=1S/C30H28ClFN4O2/c1-19-7-14-24(15-20(19)2)36-17-27(22-10-12-23(31)13-11-22)33-30(36)34-28(37)18-35(16-21-8-9-21)29(38)25-5-3-4-6-26(25)32/h3-7,10-15,17,21H,8-9,16,18H2,1-2H3,(H,33,34,37). The van der Waals surface area contributed by atoms with Crippen molar-refractivity contribution in [3.05, 3.63) is 100 Å². The maximum absolute atomic E-state index is 14.4.